The summed E-state index contributed by atoms with van der Waals surface area (Å²) in [4.78, 5) is 9.92. The number of nitrogens with zero attached hydrogens (tertiary/aromatic N) is 1. The predicted molar refractivity (Wildman–Crippen MR) is 69.7 cm³/mol. The zero-order valence-electron chi connectivity index (χ0n) is 10.8. The fourth-order valence-electron chi connectivity index (χ4n) is 1.78. The minimum absolute atomic E-state index is 0.144. The van der Waals surface area contributed by atoms with Crippen LogP contribution in [0.5, 0.6) is 5.75 Å². The Morgan fingerprint density at radius 3 is 2.38 bits per heavy atom. The molecule has 0 unspecified atom stereocenters. The van der Waals surface area contributed by atoms with Crippen LogP contribution in [-0.4, -0.2) is 10.0 Å². The minimum Gasteiger partial charge on any atom is -0.489 e. The molecule has 0 amide bonds. The fraction of sp³-hybridized carbons (Fsp3) is 0.143. The SMILES string of the molecule is O=[N+]([O-])c1cc(F)cc(COc2cc(F)cc(CO)c2)c1. The molecule has 2 aromatic carbocycles. The Morgan fingerprint density at radius 2 is 1.71 bits per heavy atom. The van der Waals surface area contributed by atoms with Crippen LogP contribution >= 0.6 is 0 Å². The average Bonchev–Trinajstić information content (AvgIpc) is 2.44. The Labute approximate surface area is 118 Å². The number of hydrogen-bond donors (Lipinski definition) is 1. The second-order valence-corrected chi connectivity index (χ2v) is 4.32. The molecule has 0 saturated heterocycles. The van der Waals surface area contributed by atoms with E-state index in [2.05, 4.69) is 0 Å². The minimum atomic E-state index is -0.752. The highest BCUT2D eigenvalue weighted by atomic mass is 19.1. The van der Waals surface area contributed by atoms with Crippen molar-refractivity contribution in [2.45, 2.75) is 13.2 Å². The molecule has 0 aliphatic rings. The first-order chi connectivity index (χ1) is 9.97. The largest absolute Gasteiger partial charge is 0.489 e. The molecule has 0 spiro atoms. The number of halogens is 2. The molecule has 1 N–H and O–H groups in total. The van der Waals surface area contributed by atoms with Crippen molar-refractivity contribution in [1.82, 2.24) is 0 Å². The molecule has 0 radical (unpaired) electrons. The molecule has 2 rings (SSSR count). The Morgan fingerprint density at radius 1 is 1.05 bits per heavy atom. The molecule has 5 nitrogen and oxygen atoms in total. The second-order valence-electron chi connectivity index (χ2n) is 4.32. The van der Waals surface area contributed by atoms with Gasteiger partial charge >= 0.3 is 0 Å². The number of aliphatic hydroxyl groups is 1. The molecule has 0 fully saturated rings. The van der Waals surface area contributed by atoms with Gasteiger partial charge in [0, 0.05) is 12.1 Å². The smallest absolute Gasteiger partial charge is 0.272 e. The van der Waals surface area contributed by atoms with Crippen LogP contribution in [0.2, 0.25) is 0 Å². The third-order valence-electron chi connectivity index (χ3n) is 2.67. The number of nitro benzene ring substituents is 1. The third kappa shape index (κ3) is 3.96. The molecule has 0 atom stereocenters. The second kappa shape index (κ2) is 6.27. The summed E-state index contributed by atoms with van der Waals surface area (Å²) in [6.07, 6.45) is 0. The van der Waals surface area contributed by atoms with Crippen LogP contribution in [0.1, 0.15) is 11.1 Å². The van der Waals surface area contributed by atoms with E-state index in [0.29, 0.717) is 5.56 Å². The third-order valence-corrected chi connectivity index (χ3v) is 2.67. The van der Waals surface area contributed by atoms with Gasteiger partial charge in [-0.2, -0.15) is 0 Å². The molecule has 21 heavy (non-hydrogen) atoms. The fourth-order valence-corrected chi connectivity index (χ4v) is 1.78. The molecule has 0 aliphatic carbocycles. The van der Waals surface area contributed by atoms with E-state index in [0.717, 1.165) is 24.3 Å². The highest BCUT2D eigenvalue weighted by Crippen LogP contribution is 2.20. The lowest BCUT2D eigenvalue weighted by Gasteiger charge is -2.08. The molecule has 7 heteroatoms. The Balaban J connectivity index is 2.16. The van der Waals surface area contributed by atoms with E-state index >= 15 is 0 Å². The Hall–Kier alpha value is -2.54. The van der Waals surface area contributed by atoms with E-state index in [4.69, 9.17) is 9.84 Å². The van der Waals surface area contributed by atoms with Gasteiger partial charge in [0.1, 0.15) is 24.0 Å². The number of nitro groups is 1. The summed E-state index contributed by atoms with van der Waals surface area (Å²) in [5.41, 5.74) is 0.190. The van der Waals surface area contributed by atoms with Crippen molar-refractivity contribution >= 4 is 5.69 Å². The summed E-state index contributed by atoms with van der Waals surface area (Å²) in [7, 11) is 0. The van der Waals surface area contributed by atoms with Gasteiger partial charge < -0.3 is 9.84 Å². The first kappa shape index (κ1) is 14.9. The molecular formula is C14H11F2NO4. The summed E-state index contributed by atoms with van der Waals surface area (Å²) in [5, 5.41) is 19.6. The van der Waals surface area contributed by atoms with Crippen molar-refractivity contribution in [1.29, 1.82) is 0 Å². The molecule has 0 aliphatic heterocycles. The summed E-state index contributed by atoms with van der Waals surface area (Å²) in [5.74, 6) is -1.19. The maximum absolute atomic E-state index is 13.2. The van der Waals surface area contributed by atoms with Gasteiger partial charge in [0.05, 0.1) is 17.6 Å². The Kier molecular flexibility index (Phi) is 4.44. The van der Waals surface area contributed by atoms with Crippen LogP contribution in [0.25, 0.3) is 0 Å². The number of rotatable bonds is 5. The topological polar surface area (TPSA) is 72.6 Å². The number of non-ortho nitro benzene ring substituents is 1. The van der Waals surface area contributed by atoms with Crippen molar-refractivity contribution in [2.24, 2.45) is 0 Å². The van der Waals surface area contributed by atoms with Gasteiger partial charge in [-0.25, -0.2) is 8.78 Å². The molecule has 2 aromatic rings. The number of hydrogen-bond acceptors (Lipinski definition) is 4. The van der Waals surface area contributed by atoms with Gasteiger partial charge in [0.2, 0.25) is 0 Å². The molecule has 0 aromatic heterocycles. The zero-order chi connectivity index (χ0) is 15.4. The summed E-state index contributed by atoms with van der Waals surface area (Å²) < 4.78 is 31.7. The molecular weight excluding hydrogens is 284 g/mol. The van der Waals surface area contributed by atoms with Crippen LogP contribution in [0.15, 0.2) is 36.4 Å². The maximum Gasteiger partial charge on any atom is 0.272 e. The molecule has 0 heterocycles. The lowest BCUT2D eigenvalue weighted by Crippen LogP contribution is -1.99. The van der Waals surface area contributed by atoms with Gasteiger partial charge in [-0.3, -0.25) is 10.1 Å². The van der Waals surface area contributed by atoms with Crippen molar-refractivity contribution in [3.63, 3.8) is 0 Å². The van der Waals surface area contributed by atoms with E-state index in [-0.39, 0.29) is 30.2 Å². The van der Waals surface area contributed by atoms with Crippen LogP contribution < -0.4 is 4.74 Å². The lowest BCUT2D eigenvalue weighted by atomic mass is 10.2. The monoisotopic (exact) mass is 295 g/mol. The van der Waals surface area contributed by atoms with Gasteiger partial charge in [-0.05, 0) is 29.3 Å². The first-order valence-electron chi connectivity index (χ1n) is 5.95. The van der Waals surface area contributed by atoms with Crippen molar-refractivity contribution in [2.75, 3.05) is 0 Å². The lowest BCUT2D eigenvalue weighted by molar-refractivity contribution is -0.385. The predicted octanol–water partition coefficient (Wildman–Crippen LogP) is 2.94. The standard InChI is InChI=1S/C14H11F2NO4/c15-11-2-10(3-13(5-11)17(19)20)8-21-14-4-9(7-18)1-12(16)6-14/h1-6,18H,7-8H2. The average molecular weight is 295 g/mol. The quantitative estimate of drug-likeness (QED) is 0.680. The van der Waals surface area contributed by atoms with E-state index in [9.17, 15) is 18.9 Å². The normalized spacial score (nSPS) is 10.4. The van der Waals surface area contributed by atoms with E-state index in [1.165, 1.54) is 12.1 Å². The molecule has 0 saturated carbocycles. The van der Waals surface area contributed by atoms with Crippen molar-refractivity contribution in [3.8, 4) is 5.75 Å². The summed E-state index contributed by atoms with van der Waals surface area (Å²) in [6.45, 7) is -0.507. The van der Waals surface area contributed by atoms with Gasteiger partial charge in [-0.15, -0.1) is 0 Å². The van der Waals surface area contributed by atoms with Gasteiger partial charge in [0.15, 0.2) is 0 Å². The van der Waals surface area contributed by atoms with E-state index in [1.807, 2.05) is 0 Å². The van der Waals surface area contributed by atoms with Gasteiger partial charge in [-0.1, -0.05) is 0 Å². The maximum atomic E-state index is 13.2. The van der Waals surface area contributed by atoms with Crippen LogP contribution in [0, 0.1) is 21.7 Å². The zero-order valence-corrected chi connectivity index (χ0v) is 10.8. The van der Waals surface area contributed by atoms with Gasteiger partial charge in [0.25, 0.3) is 5.69 Å². The first-order valence-corrected chi connectivity index (χ1v) is 5.95. The van der Waals surface area contributed by atoms with E-state index in [1.54, 1.807) is 0 Å². The molecule has 0 bridgehead atoms. The molecule has 110 valence electrons. The summed E-state index contributed by atoms with van der Waals surface area (Å²) >= 11 is 0. The van der Waals surface area contributed by atoms with Crippen molar-refractivity contribution < 1.29 is 23.5 Å². The highest BCUT2D eigenvalue weighted by Gasteiger charge is 2.10. The van der Waals surface area contributed by atoms with Crippen LogP contribution in [0.4, 0.5) is 14.5 Å². The highest BCUT2D eigenvalue weighted by molar-refractivity contribution is 5.35. The van der Waals surface area contributed by atoms with Crippen molar-refractivity contribution in [3.05, 3.63) is 69.3 Å². The summed E-state index contributed by atoms with van der Waals surface area (Å²) in [6, 6.07) is 6.76. The van der Waals surface area contributed by atoms with Crippen LogP contribution in [0.3, 0.4) is 0 Å². The number of ether oxygens (including phenoxy) is 1. The van der Waals surface area contributed by atoms with E-state index < -0.39 is 16.6 Å². The van der Waals surface area contributed by atoms with Crippen LogP contribution in [-0.2, 0) is 13.2 Å². The Bertz CT molecular complexity index is 676. The number of benzene rings is 2. The number of aliphatic hydroxyl groups excluding tert-OH is 1.